The fourth-order valence-corrected chi connectivity index (χ4v) is 3.59. The van der Waals surface area contributed by atoms with Crippen molar-refractivity contribution in [2.75, 3.05) is 29.9 Å². The number of fused-ring (bicyclic) bond motifs is 1. The van der Waals surface area contributed by atoms with Gasteiger partial charge in [0.25, 0.3) is 0 Å². The lowest BCUT2D eigenvalue weighted by Crippen LogP contribution is -2.45. The number of aryl methyl sites for hydroxylation is 1. The molecular formula is C19H24N6O. The number of hydrogen-bond acceptors (Lipinski definition) is 6. The van der Waals surface area contributed by atoms with Crippen LogP contribution in [0.5, 0.6) is 0 Å². The second-order valence-electron chi connectivity index (χ2n) is 6.95. The van der Waals surface area contributed by atoms with E-state index in [-0.39, 0.29) is 0 Å². The molecule has 26 heavy (non-hydrogen) atoms. The van der Waals surface area contributed by atoms with Gasteiger partial charge in [-0.3, -0.25) is 4.68 Å². The molecular weight excluding hydrogens is 328 g/mol. The van der Waals surface area contributed by atoms with E-state index in [4.69, 9.17) is 0 Å². The minimum Gasteiger partial charge on any atom is -0.390 e. The van der Waals surface area contributed by atoms with E-state index < -0.39 is 5.60 Å². The minimum atomic E-state index is -0.626. The molecule has 1 aliphatic rings. The van der Waals surface area contributed by atoms with Crippen molar-refractivity contribution in [2.45, 2.75) is 24.9 Å². The van der Waals surface area contributed by atoms with E-state index in [0.717, 1.165) is 42.8 Å². The molecule has 3 heterocycles. The molecule has 0 amide bonds. The van der Waals surface area contributed by atoms with Crippen LogP contribution in [0.25, 0.3) is 11.0 Å². The number of nitrogens with one attached hydrogen (secondary N) is 1. The molecule has 2 aromatic heterocycles. The first kappa shape index (κ1) is 16.8. The van der Waals surface area contributed by atoms with Gasteiger partial charge in [0.2, 0.25) is 0 Å². The molecule has 0 atom stereocenters. The van der Waals surface area contributed by atoms with E-state index in [1.807, 2.05) is 13.1 Å². The lowest BCUT2D eigenvalue weighted by Gasteiger charge is -2.39. The average molecular weight is 352 g/mol. The highest BCUT2D eigenvalue weighted by molar-refractivity contribution is 5.85. The Morgan fingerprint density at radius 1 is 1.15 bits per heavy atom. The zero-order chi connectivity index (χ0) is 18.0. The van der Waals surface area contributed by atoms with Crippen molar-refractivity contribution in [3.8, 4) is 0 Å². The maximum atomic E-state index is 10.9. The zero-order valence-corrected chi connectivity index (χ0v) is 15.0. The molecule has 4 rings (SSSR count). The van der Waals surface area contributed by atoms with Crippen molar-refractivity contribution in [2.24, 2.45) is 7.05 Å². The summed E-state index contributed by atoms with van der Waals surface area (Å²) in [4.78, 5) is 10.9. The molecule has 0 unspecified atom stereocenters. The van der Waals surface area contributed by atoms with Crippen LogP contribution in [-0.2, 0) is 7.05 Å². The lowest BCUT2D eigenvalue weighted by molar-refractivity contribution is 0.0113. The molecule has 0 saturated carbocycles. The Labute approximate surface area is 152 Å². The maximum absolute atomic E-state index is 10.9. The highest BCUT2D eigenvalue weighted by atomic mass is 16.3. The average Bonchev–Trinajstić information content (AvgIpc) is 3.05. The van der Waals surface area contributed by atoms with Gasteiger partial charge in [-0.1, -0.05) is 18.2 Å². The molecule has 7 nitrogen and oxygen atoms in total. The van der Waals surface area contributed by atoms with Crippen LogP contribution in [-0.4, -0.2) is 50.1 Å². The summed E-state index contributed by atoms with van der Waals surface area (Å²) in [6.45, 7) is 2.42. The number of para-hydroxylation sites is 1. The van der Waals surface area contributed by atoms with Crippen LogP contribution < -0.4 is 10.2 Å². The van der Waals surface area contributed by atoms with Gasteiger partial charge < -0.3 is 15.3 Å². The largest absolute Gasteiger partial charge is 0.390 e. The molecule has 1 fully saturated rings. The topological polar surface area (TPSA) is 79.1 Å². The van der Waals surface area contributed by atoms with Gasteiger partial charge in [0.1, 0.15) is 12.1 Å². The smallest absolute Gasteiger partial charge is 0.163 e. The standard InChI is InChI=1S/C19H24N6O/c1-24-18-16(13-23-24)17(21-14-22-18)20-10-7-19(26)8-11-25(12-9-19)15-5-3-2-4-6-15/h2-6,13-14,26H,7-12H2,1H3,(H,20,21,22). The number of rotatable bonds is 5. The Morgan fingerprint density at radius 3 is 2.69 bits per heavy atom. The van der Waals surface area contributed by atoms with Crippen LogP contribution in [0.1, 0.15) is 19.3 Å². The molecule has 1 aliphatic heterocycles. The Balaban J connectivity index is 1.33. The summed E-state index contributed by atoms with van der Waals surface area (Å²) in [5.41, 5.74) is 1.41. The number of aromatic nitrogens is 4. The summed E-state index contributed by atoms with van der Waals surface area (Å²) in [5.74, 6) is 0.772. The van der Waals surface area contributed by atoms with E-state index in [1.165, 1.54) is 5.69 Å². The van der Waals surface area contributed by atoms with Gasteiger partial charge in [-0.15, -0.1) is 0 Å². The van der Waals surface area contributed by atoms with Crippen molar-refractivity contribution in [1.29, 1.82) is 0 Å². The first-order valence-corrected chi connectivity index (χ1v) is 9.04. The first-order valence-electron chi connectivity index (χ1n) is 9.04. The van der Waals surface area contributed by atoms with Gasteiger partial charge >= 0.3 is 0 Å². The molecule has 7 heteroatoms. The molecule has 2 N–H and O–H groups in total. The number of hydrogen-bond donors (Lipinski definition) is 2. The number of anilines is 2. The third kappa shape index (κ3) is 3.35. The number of nitrogens with zero attached hydrogens (tertiary/aromatic N) is 5. The molecule has 0 aliphatic carbocycles. The second-order valence-corrected chi connectivity index (χ2v) is 6.95. The van der Waals surface area contributed by atoms with E-state index in [9.17, 15) is 5.11 Å². The van der Waals surface area contributed by atoms with E-state index in [1.54, 1.807) is 17.2 Å². The predicted molar refractivity (Wildman–Crippen MR) is 102 cm³/mol. The molecule has 1 aromatic carbocycles. The molecule has 0 spiro atoms. The van der Waals surface area contributed by atoms with Gasteiger partial charge in [0.15, 0.2) is 5.65 Å². The van der Waals surface area contributed by atoms with E-state index >= 15 is 0 Å². The van der Waals surface area contributed by atoms with Gasteiger partial charge in [-0.2, -0.15) is 5.10 Å². The summed E-state index contributed by atoms with van der Waals surface area (Å²) in [5, 5.41) is 19.4. The zero-order valence-electron chi connectivity index (χ0n) is 15.0. The number of benzene rings is 1. The maximum Gasteiger partial charge on any atom is 0.163 e. The van der Waals surface area contributed by atoms with Crippen molar-refractivity contribution in [3.63, 3.8) is 0 Å². The van der Waals surface area contributed by atoms with Gasteiger partial charge in [-0.25, -0.2) is 9.97 Å². The molecule has 0 radical (unpaired) electrons. The number of piperidine rings is 1. The van der Waals surface area contributed by atoms with Crippen molar-refractivity contribution >= 4 is 22.5 Å². The highest BCUT2D eigenvalue weighted by Gasteiger charge is 2.31. The van der Waals surface area contributed by atoms with Crippen molar-refractivity contribution in [1.82, 2.24) is 19.7 Å². The molecule has 0 bridgehead atoms. The quantitative estimate of drug-likeness (QED) is 0.733. The van der Waals surface area contributed by atoms with Gasteiger partial charge in [-0.05, 0) is 31.4 Å². The minimum absolute atomic E-state index is 0.626. The summed E-state index contributed by atoms with van der Waals surface area (Å²) in [7, 11) is 1.86. The SMILES string of the molecule is Cn1ncc2c(NCCC3(O)CCN(c4ccccc4)CC3)ncnc21. The Kier molecular flexibility index (Phi) is 4.46. The van der Waals surface area contributed by atoms with Crippen LogP contribution >= 0.6 is 0 Å². The van der Waals surface area contributed by atoms with Crippen molar-refractivity contribution in [3.05, 3.63) is 42.9 Å². The number of aliphatic hydroxyl groups is 1. The Morgan fingerprint density at radius 2 is 1.92 bits per heavy atom. The Bertz CT molecular complexity index is 870. The molecule has 136 valence electrons. The fraction of sp³-hybridized carbons (Fsp3) is 0.421. The fourth-order valence-electron chi connectivity index (χ4n) is 3.59. The monoisotopic (exact) mass is 352 g/mol. The van der Waals surface area contributed by atoms with Crippen LogP contribution in [0.4, 0.5) is 11.5 Å². The predicted octanol–water partition coefficient (Wildman–Crippen LogP) is 2.20. The highest BCUT2D eigenvalue weighted by Crippen LogP contribution is 2.29. The van der Waals surface area contributed by atoms with Crippen LogP contribution in [0.2, 0.25) is 0 Å². The van der Waals surface area contributed by atoms with Gasteiger partial charge in [0.05, 0.1) is 17.2 Å². The van der Waals surface area contributed by atoms with Crippen molar-refractivity contribution < 1.29 is 5.11 Å². The van der Waals surface area contributed by atoms with Gasteiger partial charge in [0, 0.05) is 32.4 Å². The van der Waals surface area contributed by atoms with E-state index in [0.29, 0.717) is 13.0 Å². The third-order valence-corrected chi connectivity index (χ3v) is 5.23. The first-order chi connectivity index (χ1) is 12.6. The Hall–Kier alpha value is -2.67. The normalized spacial score (nSPS) is 16.8. The van der Waals surface area contributed by atoms with E-state index in [2.05, 4.69) is 49.5 Å². The summed E-state index contributed by atoms with van der Waals surface area (Å²) in [6, 6.07) is 10.4. The second kappa shape index (κ2) is 6.92. The van der Waals surface area contributed by atoms with Crippen LogP contribution in [0.15, 0.2) is 42.9 Å². The summed E-state index contributed by atoms with van der Waals surface area (Å²) >= 11 is 0. The third-order valence-electron chi connectivity index (χ3n) is 5.23. The van der Waals surface area contributed by atoms with Crippen LogP contribution in [0.3, 0.4) is 0 Å². The van der Waals surface area contributed by atoms with Crippen LogP contribution in [0, 0.1) is 0 Å². The molecule has 1 saturated heterocycles. The molecule has 3 aromatic rings. The summed E-state index contributed by atoms with van der Waals surface area (Å²) < 4.78 is 1.73. The summed E-state index contributed by atoms with van der Waals surface area (Å²) in [6.07, 6.45) is 5.55. The lowest BCUT2D eigenvalue weighted by atomic mass is 9.88.